The molecule has 0 amide bonds. The summed E-state index contributed by atoms with van der Waals surface area (Å²) in [4.78, 5) is 19.6. The molecule has 9 aromatic rings. The number of aromatic nitrogens is 5. The minimum atomic E-state index is -0.0218. The summed E-state index contributed by atoms with van der Waals surface area (Å²) in [5.74, 6) is 1.58. The van der Waals surface area contributed by atoms with Gasteiger partial charge in [0.25, 0.3) is 0 Å². The van der Waals surface area contributed by atoms with Crippen LogP contribution in [0, 0.1) is 20.4 Å². The Balaban J connectivity index is 1.38. The highest BCUT2D eigenvalue weighted by molar-refractivity contribution is 6.11. The fraction of sp³-hybridized carbons (Fsp3) is 0.200. The Labute approximate surface area is 328 Å². The average molecular weight is 729 g/mol. The van der Waals surface area contributed by atoms with Crippen molar-refractivity contribution in [2.45, 2.75) is 66.2 Å². The van der Waals surface area contributed by atoms with Crippen LogP contribution in [0.1, 0.15) is 63.8 Å². The predicted molar refractivity (Wildman–Crippen MR) is 233 cm³/mol. The smallest absolute Gasteiger partial charge is 0.238 e. The largest absolute Gasteiger partial charge is 0.309 e. The van der Waals surface area contributed by atoms with Crippen molar-refractivity contribution < 1.29 is 0 Å². The van der Waals surface area contributed by atoms with Crippen LogP contribution in [-0.4, -0.2) is 24.1 Å². The van der Waals surface area contributed by atoms with Crippen molar-refractivity contribution in [2.24, 2.45) is 0 Å². The molecule has 0 saturated carbocycles. The Morgan fingerprint density at radius 2 is 1.00 bits per heavy atom. The van der Waals surface area contributed by atoms with Crippen molar-refractivity contribution in [3.63, 3.8) is 0 Å². The van der Waals surface area contributed by atoms with E-state index in [-0.39, 0.29) is 10.8 Å². The summed E-state index contributed by atoms with van der Waals surface area (Å²) in [6.07, 6.45) is 0. The fourth-order valence-corrected chi connectivity index (χ4v) is 7.95. The zero-order valence-electron chi connectivity index (χ0n) is 33.2. The molecule has 0 aliphatic rings. The maximum atomic E-state index is 8.08. The van der Waals surface area contributed by atoms with E-state index >= 15 is 0 Å². The highest BCUT2D eigenvalue weighted by Gasteiger charge is 2.24. The summed E-state index contributed by atoms with van der Waals surface area (Å²) >= 11 is 0. The van der Waals surface area contributed by atoms with Gasteiger partial charge in [-0.3, -0.25) is 4.57 Å². The van der Waals surface area contributed by atoms with Crippen molar-refractivity contribution in [2.75, 3.05) is 0 Å². The van der Waals surface area contributed by atoms with E-state index in [2.05, 4.69) is 148 Å². The van der Waals surface area contributed by atoms with Gasteiger partial charge in [-0.1, -0.05) is 113 Å². The topological polar surface area (TPSA) is 52.9 Å². The molecule has 0 fully saturated rings. The average Bonchev–Trinajstić information content (AvgIpc) is 3.68. The van der Waals surface area contributed by atoms with E-state index in [1.807, 2.05) is 42.5 Å². The SMILES string of the molecule is [C-]#[N+]c1ccc(-n2c3ccc(C(C)(C)C)cc3c3cc(C(C)(C)C)ccc32)c(-c2nc(-c3ccccc3)nc(-n3c4ccc(C)cc4c4cc(C)ccc43)n2)c1. The third kappa shape index (κ3) is 5.83. The lowest BCUT2D eigenvalue weighted by atomic mass is 9.85. The van der Waals surface area contributed by atoms with Gasteiger partial charge < -0.3 is 4.57 Å². The molecule has 56 heavy (non-hydrogen) atoms. The Bertz CT molecular complexity index is 2940. The molecule has 0 unspecified atom stereocenters. The van der Waals surface area contributed by atoms with Crippen LogP contribution in [0.15, 0.2) is 121 Å². The van der Waals surface area contributed by atoms with Gasteiger partial charge in [-0.2, -0.15) is 9.97 Å². The van der Waals surface area contributed by atoms with Crippen molar-refractivity contribution in [1.29, 1.82) is 0 Å². The number of benzene rings is 6. The second-order valence-corrected chi connectivity index (χ2v) is 17.1. The molecule has 0 saturated heterocycles. The molecule has 9 rings (SSSR count). The van der Waals surface area contributed by atoms with Gasteiger partial charge >= 0.3 is 0 Å². The molecule has 0 bridgehead atoms. The highest BCUT2D eigenvalue weighted by Crippen LogP contribution is 2.41. The van der Waals surface area contributed by atoms with Crippen LogP contribution in [-0.2, 0) is 10.8 Å². The molecular weight excluding hydrogens is 685 g/mol. The van der Waals surface area contributed by atoms with Crippen molar-refractivity contribution >= 4 is 49.3 Å². The van der Waals surface area contributed by atoms with Gasteiger partial charge in [0.2, 0.25) is 5.95 Å². The van der Waals surface area contributed by atoms with E-state index in [1.54, 1.807) is 0 Å². The van der Waals surface area contributed by atoms with E-state index in [4.69, 9.17) is 21.5 Å². The Morgan fingerprint density at radius 1 is 0.500 bits per heavy atom. The van der Waals surface area contributed by atoms with Gasteiger partial charge in [0, 0.05) is 32.7 Å². The van der Waals surface area contributed by atoms with Gasteiger partial charge in [-0.25, -0.2) is 9.83 Å². The molecule has 0 radical (unpaired) electrons. The Morgan fingerprint density at radius 3 is 1.54 bits per heavy atom. The Kier molecular flexibility index (Phi) is 8.00. The van der Waals surface area contributed by atoms with Crippen LogP contribution in [0.4, 0.5) is 5.69 Å². The maximum absolute atomic E-state index is 8.08. The molecule has 0 atom stereocenters. The van der Waals surface area contributed by atoms with Crippen LogP contribution in [0.5, 0.6) is 0 Å². The first kappa shape index (κ1) is 35.1. The fourth-order valence-electron chi connectivity index (χ4n) is 7.95. The van der Waals surface area contributed by atoms with Crippen molar-refractivity contribution in [3.05, 3.63) is 155 Å². The lowest BCUT2D eigenvalue weighted by molar-refractivity contribution is 0.590. The third-order valence-corrected chi connectivity index (χ3v) is 11.0. The van der Waals surface area contributed by atoms with Crippen LogP contribution in [0.25, 0.3) is 82.9 Å². The van der Waals surface area contributed by atoms with Crippen molar-refractivity contribution in [3.8, 4) is 34.4 Å². The standard InChI is InChI=1S/C50H44N6/c1-30-15-20-43-36(25-30)37-26-31(2)16-21-44(37)56(43)48-53-46(32-13-11-10-12-14-32)52-47(54-48)40-29-35(51-9)19-24-45(40)55-41-22-17-33(49(3,4)5)27-38(41)39-28-34(50(6,7)8)18-23-42(39)55/h10-29H,1-8H3. The molecule has 0 aliphatic carbocycles. The molecule has 0 N–H and O–H groups in total. The molecule has 3 heterocycles. The highest BCUT2D eigenvalue weighted by atomic mass is 15.2. The monoisotopic (exact) mass is 728 g/mol. The second kappa shape index (κ2) is 12.7. The number of aryl methyl sites for hydroxylation is 2. The van der Waals surface area contributed by atoms with Gasteiger partial charge in [-0.15, -0.1) is 0 Å². The molecule has 6 heteroatoms. The first-order chi connectivity index (χ1) is 26.8. The summed E-state index contributed by atoms with van der Waals surface area (Å²) in [6, 6.07) is 42.7. The molecule has 274 valence electrons. The van der Waals surface area contributed by atoms with E-state index in [1.165, 1.54) is 33.0 Å². The van der Waals surface area contributed by atoms with Gasteiger partial charge in [0.15, 0.2) is 17.3 Å². The molecule has 0 spiro atoms. The minimum Gasteiger partial charge on any atom is -0.309 e. The normalized spacial score (nSPS) is 12.3. The molecule has 6 aromatic carbocycles. The zero-order chi connectivity index (χ0) is 39.1. The summed E-state index contributed by atoms with van der Waals surface area (Å²) in [6.45, 7) is 25.9. The van der Waals surface area contributed by atoms with Crippen LogP contribution >= 0.6 is 0 Å². The summed E-state index contributed by atoms with van der Waals surface area (Å²) < 4.78 is 4.48. The first-order valence-corrected chi connectivity index (χ1v) is 19.2. The lowest BCUT2D eigenvalue weighted by Crippen LogP contribution is -2.10. The summed E-state index contributed by atoms with van der Waals surface area (Å²) in [5.41, 5.74) is 12.2. The second-order valence-electron chi connectivity index (χ2n) is 17.1. The summed E-state index contributed by atoms with van der Waals surface area (Å²) in [5, 5.41) is 4.68. The zero-order valence-corrected chi connectivity index (χ0v) is 33.2. The quantitative estimate of drug-likeness (QED) is 0.170. The van der Waals surface area contributed by atoms with E-state index in [0.717, 1.165) is 49.7 Å². The van der Waals surface area contributed by atoms with Crippen molar-refractivity contribution in [1.82, 2.24) is 24.1 Å². The molecule has 3 aromatic heterocycles. The number of hydrogen-bond donors (Lipinski definition) is 0. The number of rotatable bonds is 4. The lowest BCUT2D eigenvalue weighted by Gasteiger charge is -2.19. The summed E-state index contributed by atoms with van der Waals surface area (Å²) in [7, 11) is 0. The van der Waals surface area contributed by atoms with Gasteiger partial charge in [-0.05, 0) is 96.5 Å². The van der Waals surface area contributed by atoms with E-state index in [9.17, 15) is 0 Å². The molecule has 6 nitrogen and oxygen atoms in total. The van der Waals surface area contributed by atoms with Crippen LogP contribution in [0.2, 0.25) is 0 Å². The predicted octanol–water partition coefficient (Wildman–Crippen LogP) is 13.2. The maximum Gasteiger partial charge on any atom is 0.238 e. The van der Waals surface area contributed by atoms with Gasteiger partial charge in [0.1, 0.15) is 0 Å². The first-order valence-electron chi connectivity index (χ1n) is 19.2. The van der Waals surface area contributed by atoms with E-state index in [0.29, 0.717) is 23.3 Å². The van der Waals surface area contributed by atoms with Crippen LogP contribution < -0.4 is 0 Å². The van der Waals surface area contributed by atoms with Gasteiger partial charge in [0.05, 0.1) is 34.3 Å². The molecular formula is C50H44N6. The third-order valence-electron chi connectivity index (χ3n) is 11.0. The Hall–Kier alpha value is -6.58. The number of nitrogens with zero attached hydrogens (tertiary/aromatic N) is 6. The van der Waals surface area contributed by atoms with E-state index < -0.39 is 0 Å². The molecule has 0 aliphatic heterocycles. The number of fused-ring (bicyclic) bond motifs is 6. The van der Waals surface area contributed by atoms with Crippen LogP contribution in [0.3, 0.4) is 0 Å². The minimum absolute atomic E-state index is 0.0218. The number of hydrogen-bond acceptors (Lipinski definition) is 3.